The van der Waals surface area contributed by atoms with Crippen LogP contribution in [0.3, 0.4) is 0 Å². The molecule has 1 aromatic rings. The van der Waals surface area contributed by atoms with Gasteiger partial charge in [0.15, 0.2) is 0 Å². The molecule has 0 aliphatic rings. The number of allylic oxidation sites excluding steroid dienone is 1. The molecule has 1 unspecified atom stereocenters. The first kappa shape index (κ1) is 13.9. The smallest absolute Gasteiger partial charge is 0.0643 e. The number of rotatable bonds is 3. The summed E-state index contributed by atoms with van der Waals surface area (Å²) in [4.78, 5) is 0. The van der Waals surface area contributed by atoms with E-state index in [0.29, 0.717) is 0 Å². The Kier molecular flexibility index (Phi) is 4.49. The second-order valence-corrected chi connectivity index (χ2v) is 5.76. The van der Waals surface area contributed by atoms with E-state index in [1.807, 2.05) is 0 Å². The van der Waals surface area contributed by atoms with E-state index in [1.54, 1.807) is 0 Å². The lowest BCUT2D eigenvalue weighted by Gasteiger charge is -2.20. The number of nitrogens with two attached hydrogens (primary N) is 1. The van der Waals surface area contributed by atoms with Gasteiger partial charge < -0.3 is 0 Å². The van der Waals surface area contributed by atoms with Gasteiger partial charge in [-0.1, -0.05) is 56.7 Å². The van der Waals surface area contributed by atoms with E-state index in [1.165, 1.54) is 16.7 Å². The zero-order valence-corrected chi connectivity index (χ0v) is 11.5. The van der Waals surface area contributed by atoms with Gasteiger partial charge in [0.1, 0.15) is 0 Å². The molecular weight excluding hydrogens is 208 g/mol. The molecule has 0 aromatic heterocycles. The Morgan fingerprint density at radius 2 is 1.71 bits per heavy atom. The van der Waals surface area contributed by atoms with Gasteiger partial charge in [0.25, 0.3) is 0 Å². The van der Waals surface area contributed by atoms with Gasteiger partial charge in [-0.2, -0.15) is 0 Å². The molecule has 0 saturated heterocycles. The molecule has 2 heteroatoms. The Bertz CT molecular complexity index is 378. The van der Waals surface area contributed by atoms with Crippen molar-refractivity contribution in [3.63, 3.8) is 0 Å². The van der Waals surface area contributed by atoms with E-state index in [2.05, 4.69) is 70.4 Å². The van der Waals surface area contributed by atoms with Gasteiger partial charge >= 0.3 is 0 Å². The second kappa shape index (κ2) is 5.48. The van der Waals surface area contributed by atoms with Crippen molar-refractivity contribution >= 4 is 0 Å². The van der Waals surface area contributed by atoms with Gasteiger partial charge in [0.2, 0.25) is 0 Å². The molecular formula is C15H24N2. The summed E-state index contributed by atoms with van der Waals surface area (Å²) >= 11 is 0. The van der Waals surface area contributed by atoms with Gasteiger partial charge in [-0.25, -0.2) is 5.43 Å². The highest BCUT2D eigenvalue weighted by molar-refractivity contribution is 5.31. The van der Waals surface area contributed by atoms with Crippen molar-refractivity contribution in [2.75, 3.05) is 0 Å². The van der Waals surface area contributed by atoms with Crippen LogP contribution in [0.4, 0.5) is 0 Å². The highest BCUT2D eigenvalue weighted by Gasteiger charge is 2.14. The molecule has 94 valence electrons. The molecule has 1 rings (SSSR count). The number of hydrogen-bond donors (Lipinski definition) is 2. The van der Waals surface area contributed by atoms with Crippen molar-refractivity contribution in [1.29, 1.82) is 0 Å². The Balaban J connectivity index is 2.97. The number of nitrogens with one attached hydrogen (secondary N) is 1. The maximum absolute atomic E-state index is 5.58. The molecule has 17 heavy (non-hydrogen) atoms. The predicted octanol–water partition coefficient (Wildman–Crippen LogP) is 3.45. The fraction of sp³-hybridized carbons (Fsp3) is 0.467. The lowest BCUT2D eigenvalue weighted by atomic mass is 9.86. The van der Waals surface area contributed by atoms with Crippen molar-refractivity contribution < 1.29 is 0 Å². The summed E-state index contributed by atoms with van der Waals surface area (Å²) in [5.41, 5.74) is 6.82. The molecule has 2 nitrogen and oxygen atoms in total. The quantitative estimate of drug-likeness (QED) is 0.476. The van der Waals surface area contributed by atoms with Crippen LogP contribution < -0.4 is 11.3 Å². The van der Waals surface area contributed by atoms with Crippen LogP contribution in [0.5, 0.6) is 0 Å². The molecule has 0 aliphatic heterocycles. The maximum atomic E-state index is 5.58. The number of hydrogen-bond acceptors (Lipinski definition) is 2. The lowest BCUT2D eigenvalue weighted by molar-refractivity contribution is 0.588. The Morgan fingerprint density at radius 1 is 1.18 bits per heavy atom. The van der Waals surface area contributed by atoms with Crippen molar-refractivity contribution in [3.8, 4) is 0 Å². The molecule has 0 amide bonds. The predicted molar refractivity (Wildman–Crippen MR) is 74.6 cm³/mol. The summed E-state index contributed by atoms with van der Waals surface area (Å²) in [5.74, 6) is 5.58. The third kappa shape index (κ3) is 3.99. The van der Waals surface area contributed by atoms with Crippen LogP contribution in [0.25, 0.3) is 0 Å². The number of benzene rings is 1. The molecule has 0 spiro atoms. The normalized spacial score (nSPS) is 13.3. The van der Waals surface area contributed by atoms with Crippen LogP contribution in [0.1, 0.15) is 51.8 Å². The zero-order chi connectivity index (χ0) is 13.1. The van der Waals surface area contributed by atoms with Gasteiger partial charge in [0, 0.05) is 0 Å². The second-order valence-electron chi connectivity index (χ2n) is 5.76. The summed E-state index contributed by atoms with van der Waals surface area (Å²) in [5, 5.41) is 0. The number of hydrazine groups is 1. The van der Waals surface area contributed by atoms with Crippen LogP contribution >= 0.6 is 0 Å². The minimum atomic E-state index is 0.0917. The van der Waals surface area contributed by atoms with Crippen LogP contribution in [0.15, 0.2) is 35.9 Å². The van der Waals surface area contributed by atoms with Crippen LogP contribution in [0, 0.1) is 0 Å². The average molecular weight is 232 g/mol. The fourth-order valence-corrected chi connectivity index (χ4v) is 1.76. The van der Waals surface area contributed by atoms with Gasteiger partial charge in [0.05, 0.1) is 6.04 Å². The molecule has 0 fully saturated rings. The molecule has 1 aromatic carbocycles. The first-order valence-corrected chi connectivity index (χ1v) is 6.06. The average Bonchev–Trinajstić information content (AvgIpc) is 2.24. The summed E-state index contributed by atoms with van der Waals surface area (Å²) in [6.07, 6.45) is 2.13. The van der Waals surface area contributed by atoms with Crippen LogP contribution in [-0.4, -0.2) is 0 Å². The minimum Gasteiger partial charge on any atom is -0.271 e. The fourth-order valence-electron chi connectivity index (χ4n) is 1.76. The van der Waals surface area contributed by atoms with Gasteiger partial charge in [-0.3, -0.25) is 5.84 Å². The van der Waals surface area contributed by atoms with Gasteiger partial charge in [-0.15, -0.1) is 0 Å². The first-order chi connectivity index (χ1) is 7.84. The summed E-state index contributed by atoms with van der Waals surface area (Å²) in [6, 6.07) is 8.74. The SMILES string of the molecule is CC(C)=CC(NN)c1ccc(C(C)(C)C)cc1. The molecule has 0 bridgehead atoms. The lowest BCUT2D eigenvalue weighted by Crippen LogP contribution is -2.26. The highest BCUT2D eigenvalue weighted by atomic mass is 15.2. The van der Waals surface area contributed by atoms with E-state index < -0.39 is 0 Å². The van der Waals surface area contributed by atoms with Gasteiger partial charge in [-0.05, 0) is 30.4 Å². The topological polar surface area (TPSA) is 38.0 Å². The Labute approximate surface area is 105 Å². The minimum absolute atomic E-state index is 0.0917. The summed E-state index contributed by atoms with van der Waals surface area (Å²) < 4.78 is 0. The zero-order valence-electron chi connectivity index (χ0n) is 11.5. The van der Waals surface area contributed by atoms with E-state index in [9.17, 15) is 0 Å². The summed E-state index contributed by atoms with van der Waals surface area (Å²) in [6.45, 7) is 10.8. The third-order valence-electron chi connectivity index (χ3n) is 2.82. The monoisotopic (exact) mass is 232 g/mol. The molecule has 3 N–H and O–H groups in total. The van der Waals surface area contributed by atoms with Crippen molar-refractivity contribution in [2.45, 2.75) is 46.1 Å². The van der Waals surface area contributed by atoms with E-state index in [-0.39, 0.29) is 11.5 Å². The molecule has 0 saturated carbocycles. The van der Waals surface area contributed by atoms with Crippen molar-refractivity contribution in [2.24, 2.45) is 5.84 Å². The largest absolute Gasteiger partial charge is 0.271 e. The third-order valence-corrected chi connectivity index (χ3v) is 2.82. The molecule has 0 aliphatic carbocycles. The van der Waals surface area contributed by atoms with E-state index in [4.69, 9.17) is 5.84 Å². The van der Waals surface area contributed by atoms with Crippen molar-refractivity contribution in [3.05, 3.63) is 47.0 Å². The first-order valence-electron chi connectivity index (χ1n) is 6.06. The Hall–Kier alpha value is -1.12. The highest BCUT2D eigenvalue weighted by Crippen LogP contribution is 2.24. The Morgan fingerprint density at radius 3 is 2.06 bits per heavy atom. The van der Waals surface area contributed by atoms with E-state index in [0.717, 1.165) is 0 Å². The van der Waals surface area contributed by atoms with Crippen LogP contribution in [0.2, 0.25) is 0 Å². The van der Waals surface area contributed by atoms with Crippen molar-refractivity contribution in [1.82, 2.24) is 5.43 Å². The van der Waals surface area contributed by atoms with E-state index >= 15 is 0 Å². The standard InChI is InChI=1S/C15H24N2/c1-11(2)10-14(17-16)12-6-8-13(9-7-12)15(3,4)5/h6-10,14,17H,16H2,1-5H3. The maximum Gasteiger partial charge on any atom is 0.0643 e. The summed E-state index contributed by atoms with van der Waals surface area (Å²) in [7, 11) is 0. The molecule has 0 heterocycles. The molecule has 1 atom stereocenters. The molecule has 0 radical (unpaired) electrons. The van der Waals surface area contributed by atoms with Crippen LogP contribution in [-0.2, 0) is 5.41 Å².